The van der Waals surface area contributed by atoms with Crippen LogP contribution in [0.2, 0.25) is 0 Å². The average Bonchev–Trinajstić information content (AvgIpc) is 2.52. The van der Waals surface area contributed by atoms with Gasteiger partial charge in [0.15, 0.2) is 5.71 Å². The Bertz CT molecular complexity index is 297. The summed E-state index contributed by atoms with van der Waals surface area (Å²) < 4.78 is 4.57. The number of nitrogens with zero attached hydrogens (tertiary/aromatic N) is 2. The summed E-state index contributed by atoms with van der Waals surface area (Å²) in [6, 6.07) is 0. The first-order chi connectivity index (χ1) is 6.74. The lowest BCUT2D eigenvalue weighted by atomic mass is 10.4. The van der Waals surface area contributed by atoms with E-state index in [1.54, 1.807) is 6.92 Å². The molecule has 14 heavy (non-hydrogen) atoms. The molecule has 0 aliphatic carbocycles. The van der Waals surface area contributed by atoms with Crippen molar-refractivity contribution in [1.29, 1.82) is 0 Å². The van der Waals surface area contributed by atoms with Gasteiger partial charge in [-0.05, 0) is 6.92 Å². The van der Waals surface area contributed by atoms with Crippen LogP contribution in [0.15, 0.2) is 10.3 Å². The number of rotatable bonds is 4. The highest BCUT2D eigenvalue weighted by atomic mass is 16.7. The number of hydrogen-bond acceptors (Lipinski definition) is 6. The average molecular weight is 199 g/mol. The van der Waals surface area contributed by atoms with Crippen LogP contribution < -0.4 is 5.43 Å². The van der Waals surface area contributed by atoms with Crippen molar-refractivity contribution >= 4 is 23.8 Å². The number of carbonyl (C=O) groups is 2. The third-order valence-corrected chi connectivity index (χ3v) is 1.24. The van der Waals surface area contributed by atoms with Gasteiger partial charge in [-0.2, -0.15) is 5.10 Å². The van der Waals surface area contributed by atoms with Gasteiger partial charge in [0, 0.05) is 0 Å². The van der Waals surface area contributed by atoms with Crippen LogP contribution in [-0.4, -0.2) is 37.0 Å². The van der Waals surface area contributed by atoms with Gasteiger partial charge in [-0.3, -0.25) is 4.79 Å². The first kappa shape index (κ1) is 10.2. The number of ether oxygens (including phenoxy) is 1. The van der Waals surface area contributed by atoms with Crippen LogP contribution in [0.4, 0.5) is 0 Å². The second-order valence-corrected chi connectivity index (χ2v) is 2.25. The van der Waals surface area contributed by atoms with Crippen molar-refractivity contribution in [3.05, 3.63) is 0 Å². The van der Waals surface area contributed by atoms with E-state index in [4.69, 9.17) is 0 Å². The molecule has 1 amide bonds. The molecular formula is C7H9N3O4. The van der Waals surface area contributed by atoms with E-state index >= 15 is 0 Å². The second kappa shape index (κ2) is 4.95. The zero-order chi connectivity index (χ0) is 10.4. The summed E-state index contributed by atoms with van der Waals surface area (Å²) in [4.78, 5) is 26.1. The van der Waals surface area contributed by atoms with Gasteiger partial charge >= 0.3 is 5.97 Å². The van der Waals surface area contributed by atoms with Gasteiger partial charge in [-0.1, -0.05) is 5.16 Å². The van der Waals surface area contributed by atoms with Gasteiger partial charge in [0.2, 0.25) is 6.61 Å². The first-order valence-electron chi connectivity index (χ1n) is 3.93. The van der Waals surface area contributed by atoms with E-state index < -0.39 is 11.9 Å². The van der Waals surface area contributed by atoms with E-state index in [1.165, 1.54) is 6.21 Å². The minimum absolute atomic E-state index is 0.0225. The molecule has 0 spiro atoms. The minimum atomic E-state index is -0.535. The summed E-state index contributed by atoms with van der Waals surface area (Å²) in [6.45, 7) is 1.64. The topological polar surface area (TPSA) is 89.3 Å². The monoisotopic (exact) mass is 199 g/mol. The molecule has 1 N–H and O–H groups in total. The summed E-state index contributed by atoms with van der Waals surface area (Å²) in [6.07, 6.45) is 1.20. The zero-order valence-electron chi connectivity index (χ0n) is 7.52. The van der Waals surface area contributed by atoms with E-state index in [2.05, 4.69) is 25.3 Å². The van der Waals surface area contributed by atoms with Crippen molar-refractivity contribution in [1.82, 2.24) is 5.43 Å². The summed E-state index contributed by atoms with van der Waals surface area (Å²) in [5, 5.41) is 6.81. The maximum Gasteiger partial charge on any atom is 0.347 e. The Morgan fingerprint density at radius 2 is 2.50 bits per heavy atom. The zero-order valence-corrected chi connectivity index (χ0v) is 7.52. The number of hydrogen-bond donors (Lipinski definition) is 1. The van der Waals surface area contributed by atoms with Crippen LogP contribution in [0.5, 0.6) is 0 Å². The van der Waals surface area contributed by atoms with Gasteiger partial charge in [0.05, 0.1) is 12.8 Å². The van der Waals surface area contributed by atoms with E-state index in [-0.39, 0.29) is 18.9 Å². The molecule has 0 unspecified atom stereocenters. The molecule has 7 heteroatoms. The highest BCUT2D eigenvalue weighted by molar-refractivity contribution is 6.62. The van der Waals surface area contributed by atoms with Crippen molar-refractivity contribution in [2.75, 3.05) is 13.2 Å². The molecule has 1 aliphatic rings. The second-order valence-electron chi connectivity index (χ2n) is 2.25. The number of amides is 1. The maximum absolute atomic E-state index is 10.8. The molecule has 0 atom stereocenters. The van der Waals surface area contributed by atoms with E-state index in [0.717, 1.165) is 0 Å². The number of oxime groups is 1. The highest BCUT2D eigenvalue weighted by Crippen LogP contribution is 1.88. The van der Waals surface area contributed by atoms with Crippen molar-refractivity contribution < 1.29 is 19.2 Å². The van der Waals surface area contributed by atoms with E-state index in [0.29, 0.717) is 0 Å². The Labute approximate surface area is 79.7 Å². The predicted molar refractivity (Wildman–Crippen MR) is 46.7 cm³/mol. The van der Waals surface area contributed by atoms with Gasteiger partial charge in [0.1, 0.15) is 0 Å². The number of esters is 1. The standard InChI is InChI=1S/C7H9N3O4/c1-2-13-6(11)4-14-10-5-3-8-9-7(5)12/h3H,2,4H2,1H3,(H,9,10,12). The Kier molecular flexibility index (Phi) is 3.59. The predicted octanol–water partition coefficient (Wildman–Crippen LogP) is -0.962. The largest absolute Gasteiger partial charge is 0.463 e. The van der Waals surface area contributed by atoms with Gasteiger partial charge in [-0.25, -0.2) is 10.2 Å². The molecule has 0 aromatic carbocycles. The Hall–Kier alpha value is -1.92. The first-order valence-corrected chi connectivity index (χ1v) is 3.93. The van der Waals surface area contributed by atoms with Gasteiger partial charge in [-0.15, -0.1) is 0 Å². The smallest absolute Gasteiger partial charge is 0.347 e. The fourth-order valence-corrected chi connectivity index (χ4v) is 0.690. The summed E-state index contributed by atoms with van der Waals surface area (Å²) >= 11 is 0. The Morgan fingerprint density at radius 3 is 3.07 bits per heavy atom. The lowest BCUT2D eigenvalue weighted by Crippen LogP contribution is -2.20. The molecule has 76 valence electrons. The molecule has 0 saturated carbocycles. The normalized spacial score (nSPS) is 16.9. The van der Waals surface area contributed by atoms with Crippen molar-refractivity contribution in [2.24, 2.45) is 10.3 Å². The number of nitrogens with one attached hydrogen (secondary N) is 1. The molecule has 0 aromatic rings. The van der Waals surface area contributed by atoms with E-state index in [9.17, 15) is 9.59 Å². The summed E-state index contributed by atoms with van der Waals surface area (Å²) in [7, 11) is 0. The third-order valence-electron chi connectivity index (χ3n) is 1.24. The van der Waals surface area contributed by atoms with Crippen LogP contribution in [0.25, 0.3) is 0 Å². The Morgan fingerprint density at radius 1 is 1.71 bits per heavy atom. The molecule has 0 fully saturated rings. The fraction of sp³-hybridized carbons (Fsp3) is 0.429. The molecule has 0 radical (unpaired) electrons. The Balaban J connectivity index is 2.29. The van der Waals surface area contributed by atoms with Crippen LogP contribution in [0.3, 0.4) is 0 Å². The summed E-state index contributed by atoms with van der Waals surface area (Å²) in [5.74, 6) is -0.999. The lowest BCUT2D eigenvalue weighted by molar-refractivity contribution is -0.148. The van der Waals surface area contributed by atoms with Crippen LogP contribution in [0.1, 0.15) is 6.92 Å². The molecule has 0 aromatic heterocycles. The van der Waals surface area contributed by atoms with E-state index in [1.807, 2.05) is 0 Å². The quantitative estimate of drug-likeness (QED) is 0.466. The minimum Gasteiger partial charge on any atom is -0.463 e. The molecule has 1 aliphatic heterocycles. The van der Waals surface area contributed by atoms with Crippen LogP contribution >= 0.6 is 0 Å². The van der Waals surface area contributed by atoms with Crippen molar-refractivity contribution in [2.45, 2.75) is 6.92 Å². The molecule has 1 rings (SSSR count). The van der Waals surface area contributed by atoms with Crippen LogP contribution in [0, 0.1) is 0 Å². The highest BCUT2D eigenvalue weighted by Gasteiger charge is 2.14. The number of carbonyl (C=O) groups excluding carboxylic acids is 2. The molecule has 0 bridgehead atoms. The lowest BCUT2D eigenvalue weighted by Gasteiger charge is -1.99. The number of hydrazone groups is 1. The van der Waals surface area contributed by atoms with Crippen molar-refractivity contribution in [3.8, 4) is 0 Å². The molecule has 7 nitrogen and oxygen atoms in total. The fourth-order valence-electron chi connectivity index (χ4n) is 0.690. The van der Waals surface area contributed by atoms with Crippen LogP contribution in [-0.2, 0) is 19.2 Å². The molecule has 1 heterocycles. The third kappa shape index (κ3) is 2.85. The molecule has 0 saturated heterocycles. The molecular weight excluding hydrogens is 190 g/mol. The van der Waals surface area contributed by atoms with Crippen molar-refractivity contribution in [3.63, 3.8) is 0 Å². The summed E-state index contributed by atoms with van der Waals surface area (Å²) in [5.41, 5.74) is 2.16. The van der Waals surface area contributed by atoms with Gasteiger partial charge < -0.3 is 9.57 Å². The van der Waals surface area contributed by atoms with Gasteiger partial charge in [0.25, 0.3) is 5.91 Å². The SMILES string of the molecule is CCOC(=O)CON=C1C=NNC1=O. The maximum atomic E-state index is 10.8.